The molecule has 0 radical (unpaired) electrons. The lowest BCUT2D eigenvalue weighted by Gasteiger charge is -2.21. The summed E-state index contributed by atoms with van der Waals surface area (Å²) in [5.41, 5.74) is 3.53. The van der Waals surface area contributed by atoms with Gasteiger partial charge in [0.15, 0.2) is 0 Å². The number of aromatic nitrogens is 3. The van der Waals surface area contributed by atoms with Gasteiger partial charge < -0.3 is 14.6 Å². The number of carbonyl (C=O) groups excluding carboxylic acids is 1. The number of carbonyl (C=O) groups is 1. The summed E-state index contributed by atoms with van der Waals surface area (Å²) < 4.78 is 22.8. The molecule has 0 saturated carbocycles. The maximum absolute atomic E-state index is 14.4. The lowest BCUT2D eigenvalue weighted by Crippen LogP contribution is -2.42. The van der Waals surface area contributed by atoms with Gasteiger partial charge in [-0.05, 0) is 42.8 Å². The Morgan fingerprint density at radius 3 is 2.63 bits per heavy atom. The topological polar surface area (TPSA) is 93.4 Å². The number of amides is 2. The number of likely N-dealkylation sites (tertiary alicyclic amines) is 1. The lowest BCUT2D eigenvalue weighted by molar-refractivity contribution is 0.159. The summed E-state index contributed by atoms with van der Waals surface area (Å²) in [5.74, 6) is -0.136. The van der Waals surface area contributed by atoms with Gasteiger partial charge in [0.1, 0.15) is 11.6 Å². The Morgan fingerprint density at radius 2 is 1.93 bits per heavy atom. The predicted octanol–water partition coefficient (Wildman–Crippen LogP) is 4.57. The van der Waals surface area contributed by atoms with E-state index in [4.69, 9.17) is 21.4 Å². The highest BCUT2D eigenvalue weighted by Crippen LogP contribution is 2.32. The summed E-state index contributed by atoms with van der Waals surface area (Å²) in [4.78, 5) is 27.7. The van der Waals surface area contributed by atoms with Crippen molar-refractivity contribution in [1.82, 2.24) is 24.6 Å². The molecule has 41 heavy (non-hydrogen) atoms. The van der Waals surface area contributed by atoms with Crippen molar-refractivity contribution in [2.75, 3.05) is 38.7 Å². The first kappa shape index (κ1) is 28.5. The second-order valence-electron chi connectivity index (χ2n) is 10.2. The number of hydrogen-bond acceptors (Lipinski definition) is 5. The van der Waals surface area contributed by atoms with E-state index in [-0.39, 0.29) is 22.5 Å². The summed E-state index contributed by atoms with van der Waals surface area (Å²) in [5, 5.41) is 11.0. The van der Waals surface area contributed by atoms with Gasteiger partial charge in [0.25, 0.3) is 0 Å². The third-order valence-electron chi connectivity index (χ3n) is 7.41. The number of methoxy groups -OCH3 is 1. The van der Waals surface area contributed by atoms with Gasteiger partial charge in [-0.15, -0.1) is 0 Å². The Balaban J connectivity index is 1.44. The second kappa shape index (κ2) is 12.3. The van der Waals surface area contributed by atoms with Crippen LogP contribution >= 0.6 is 11.6 Å². The zero-order chi connectivity index (χ0) is 29.1. The molecular formula is C30H32ClFN6O3. The molecule has 5 rings (SSSR count). The molecule has 2 atom stereocenters. The number of anilines is 1. The molecule has 0 bridgehead atoms. The molecule has 2 N–H and O–H groups in total. The van der Waals surface area contributed by atoms with Crippen molar-refractivity contribution in [3.63, 3.8) is 0 Å². The molecule has 2 aromatic carbocycles. The van der Waals surface area contributed by atoms with Crippen molar-refractivity contribution in [2.45, 2.75) is 18.9 Å². The van der Waals surface area contributed by atoms with Gasteiger partial charge in [0, 0.05) is 63.1 Å². The fourth-order valence-electron chi connectivity index (χ4n) is 5.23. The van der Waals surface area contributed by atoms with Gasteiger partial charge in [0.05, 0.1) is 29.1 Å². The van der Waals surface area contributed by atoms with E-state index in [1.807, 2.05) is 37.3 Å². The van der Waals surface area contributed by atoms with E-state index in [0.717, 1.165) is 22.4 Å². The van der Waals surface area contributed by atoms with Crippen molar-refractivity contribution in [3.05, 3.63) is 99.2 Å². The van der Waals surface area contributed by atoms with Crippen LogP contribution in [0.5, 0.6) is 0 Å². The Bertz CT molecular complexity index is 1610. The highest BCUT2D eigenvalue weighted by molar-refractivity contribution is 6.30. The van der Waals surface area contributed by atoms with E-state index >= 15 is 0 Å². The first-order valence-corrected chi connectivity index (χ1v) is 13.7. The summed E-state index contributed by atoms with van der Waals surface area (Å²) in [6.45, 7) is 4.32. The van der Waals surface area contributed by atoms with Crippen LogP contribution in [0.25, 0.3) is 16.9 Å². The molecule has 11 heteroatoms. The van der Waals surface area contributed by atoms with Crippen molar-refractivity contribution in [2.24, 2.45) is 7.05 Å². The molecule has 0 aliphatic carbocycles. The molecule has 1 aliphatic rings. The SMILES string of the molecule is COCCN1C[C@@H](NC(=O)Nc2c(C)c(-c3ccc(=O)n(C)c3)nn2-c2ccccc2)[C@H](c2ccc(Cl)c(F)c2)C1. The van der Waals surface area contributed by atoms with Crippen LogP contribution in [0.15, 0.2) is 71.7 Å². The van der Waals surface area contributed by atoms with Gasteiger partial charge in [0.2, 0.25) is 5.56 Å². The van der Waals surface area contributed by atoms with Crippen LogP contribution in [0, 0.1) is 12.7 Å². The van der Waals surface area contributed by atoms with E-state index in [0.29, 0.717) is 37.8 Å². The molecule has 214 valence electrons. The fourth-order valence-corrected chi connectivity index (χ4v) is 5.35. The van der Waals surface area contributed by atoms with Crippen LogP contribution in [0.3, 0.4) is 0 Å². The van der Waals surface area contributed by atoms with Crippen LogP contribution in [0.2, 0.25) is 5.02 Å². The van der Waals surface area contributed by atoms with Crippen LogP contribution in [0.4, 0.5) is 15.0 Å². The summed E-state index contributed by atoms with van der Waals surface area (Å²) in [6, 6.07) is 16.8. The van der Waals surface area contributed by atoms with Crippen LogP contribution in [-0.2, 0) is 11.8 Å². The number of ether oxygens (including phenoxy) is 1. The van der Waals surface area contributed by atoms with Crippen LogP contribution < -0.4 is 16.2 Å². The molecule has 4 aromatic rings. The van der Waals surface area contributed by atoms with E-state index < -0.39 is 11.8 Å². The summed E-state index contributed by atoms with van der Waals surface area (Å²) in [7, 11) is 3.33. The molecule has 1 fully saturated rings. The van der Waals surface area contributed by atoms with E-state index in [1.54, 1.807) is 43.2 Å². The quantitative estimate of drug-likeness (QED) is 0.319. The number of hydrogen-bond donors (Lipinski definition) is 2. The standard InChI is InChI=1S/C30H32ClFN6O3/c1-19-28(21-10-12-27(39)36(2)16-21)35-38(22-7-5-4-6-8-22)29(19)34-30(40)33-26-18-37(13-14-41-3)17-23(26)20-9-11-24(31)25(32)15-20/h4-12,15-16,23,26H,13-14,17-18H2,1-3H3,(H2,33,34,40)/t23-,26+/m0/s1. The average molecular weight is 579 g/mol. The normalized spacial score (nSPS) is 17.1. The Hall–Kier alpha value is -3.99. The zero-order valence-corrected chi connectivity index (χ0v) is 23.9. The van der Waals surface area contributed by atoms with Gasteiger partial charge in [-0.2, -0.15) is 5.10 Å². The van der Waals surface area contributed by atoms with Gasteiger partial charge >= 0.3 is 6.03 Å². The van der Waals surface area contributed by atoms with E-state index in [9.17, 15) is 14.0 Å². The van der Waals surface area contributed by atoms with Crippen LogP contribution in [0.1, 0.15) is 17.0 Å². The average Bonchev–Trinajstić information content (AvgIpc) is 3.51. The highest BCUT2D eigenvalue weighted by atomic mass is 35.5. The molecular weight excluding hydrogens is 547 g/mol. The van der Waals surface area contributed by atoms with Gasteiger partial charge in [-0.25, -0.2) is 13.9 Å². The lowest BCUT2D eigenvalue weighted by atomic mass is 9.94. The van der Waals surface area contributed by atoms with E-state index in [2.05, 4.69) is 15.5 Å². The number of halogens is 2. The molecule has 2 aromatic heterocycles. The number of nitrogens with zero attached hydrogens (tertiary/aromatic N) is 4. The minimum atomic E-state index is -0.490. The number of benzene rings is 2. The summed E-state index contributed by atoms with van der Waals surface area (Å²) in [6.07, 6.45) is 1.72. The minimum Gasteiger partial charge on any atom is -0.383 e. The maximum atomic E-state index is 14.4. The third-order valence-corrected chi connectivity index (χ3v) is 7.72. The van der Waals surface area contributed by atoms with Crippen molar-refractivity contribution < 1.29 is 13.9 Å². The predicted molar refractivity (Wildman–Crippen MR) is 157 cm³/mol. The number of nitrogens with one attached hydrogen (secondary N) is 2. The number of urea groups is 1. The van der Waals surface area contributed by atoms with E-state index in [1.165, 1.54) is 16.7 Å². The molecule has 0 spiro atoms. The Morgan fingerprint density at radius 1 is 1.15 bits per heavy atom. The summed E-state index contributed by atoms with van der Waals surface area (Å²) >= 11 is 5.93. The number of rotatable bonds is 8. The zero-order valence-electron chi connectivity index (χ0n) is 23.1. The molecule has 2 amide bonds. The van der Waals surface area contributed by atoms with Crippen molar-refractivity contribution in [3.8, 4) is 16.9 Å². The highest BCUT2D eigenvalue weighted by Gasteiger charge is 2.35. The smallest absolute Gasteiger partial charge is 0.320 e. The number of pyridine rings is 1. The number of para-hydroxylation sites is 1. The molecule has 0 unspecified atom stereocenters. The number of aryl methyl sites for hydroxylation is 1. The molecule has 1 saturated heterocycles. The Labute approximate surface area is 242 Å². The Kier molecular flexibility index (Phi) is 8.53. The maximum Gasteiger partial charge on any atom is 0.320 e. The molecule has 9 nitrogen and oxygen atoms in total. The third kappa shape index (κ3) is 6.19. The first-order chi connectivity index (χ1) is 19.7. The van der Waals surface area contributed by atoms with Crippen molar-refractivity contribution in [1.29, 1.82) is 0 Å². The van der Waals surface area contributed by atoms with Gasteiger partial charge in [-0.3, -0.25) is 15.0 Å². The fraction of sp³-hybridized carbons (Fsp3) is 0.300. The minimum absolute atomic E-state index is 0.0594. The monoisotopic (exact) mass is 578 g/mol. The first-order valence-electron chi connectivity index (χ1n) is 13.3. The van der Waals surface area contributed by atoms with Crippen LogP contribution in [-0.4, -0.2) is 64.7 Å². The van der Waals surface area contributed by atoms with Gasteiger partial charge in [-0.1, -0.05) is 35.9 Å². The molecule has 1 aliphatic heterocycles. The largest absolute Gasteiger partial charge is 0.383 e. The second-order valence-corrected chi connectivity index (χ2v) is 10.6. The molecule has 3 heterocycles. The van der Waals surface area contributed by atoms with Crippen molar-refractivity contribution >= 4 is 23.4 Å².